The number of carbonyl (C=O) groups is 2. The molecule has 1 aromatic carbocycles. The first kappa shape index (κ1) is 24.6. The number of unbranched alkanes of at least 4 members (excludes halogenated alkanes) is 3. The van der Waals surface area contributed by atoms with Crippen LogP contribution in [0.4, 0.5) is 0 Å². The van der Waals surface area contributed by atoms with Gasteiger partial charge >= 0.3 is 5.97 Å². The number of amides is 1. The van der Waals surface area contributed by atoms with Gasteiger partial charge in [0.2, 0.25) is 0 Å². The van der Waals surface area contributed by atoms with Gasteiger partial charge in [-0.3, -0.25) is 9.59 Å². The molecule has 0 bridgehead atoms. The molecule has 0 saturated heterocycles. The molecule has 7 heteroatoms. The van der Waals surface area contributed by atoms with Crippen molar-refractivity contribution in [3.8, 4) is 11.8 Å². The maximum Gasteiger partial charge on any atom is 0.303 e. The maximum atomic E-state index is 13.1. The highest BCUT2D eigenvalue weighted by molar-refractivity contribution is 5.91. The third-order valence-electron chi connectivity index (χ3n) is 6.58. The van der Waals surface area contributed by atoms with Gasteiger partial charge < -0.3 is 19.1 Å². The number of benzene rings is 1. The molecule has 2 aliphatic heterocycles. The Kier molecular flexibility index (Phi) is 8.01. The Hall–Kier alpha value is -3.01. The molecular weight excluding hydrogens is 420 g/mol. The van der Waals surface area contributed by atoms with Crippen molar-refractivity contribution in [3.05, 3.63) is 41.2 Å². The highest BCUT2D eigenvalue weighted by atomic mass is 16.6. The van der Waals surface area contributed by atoms with Crippen LogP contribution in [-0.2, 0) is 19.1 Å². The molecule has 178 valence electrons. The van der Waals surface area contributed by atoms with E-state index in [0.717, 1.165) is 25.7 Å². The topological polar surface area (TPSA) is 88.9 Å². The van der Waals surface area contributed by atoms with Crippen LogP contribution in [0.15, 0.2) is 30.0 Å². The second kappa shape index (κ2) is 10.7. The Morgan fingerprint density at radius 3 is 2.64 bits per heavy atom. The first-order valence-corrected chi connectivity index (χ1v) is 11.9. The van der Waals surface area contributed by atoms with E-state index in [0.29, 0.717) is 42.1 Å². The fraction of sp³-hybridized carbons (Fsp3) is 0.577. The van der Waals surface area contributed by atoms with Crippen LogP contribution in [0, 0.1) is 11.3 Å². The van der Waals surface area contributed by atoms with Crippen molar-refractivity contribution in [2.45, 2.75) is 84.0 Å². The van der Waals surface area contributed by atoms with E-state index < -0.39 is 23.7 Å². The summed E-state index contributed by atoms with van der Waals surface area (Å²) in [5.41, 5.74) is 0.335. The number of hydrogen-bond acceptors (Lipinski definition) is 6. The van der Waals surface area contributed by atoms with Crippen LogP contribution in [0.2, 0.25) is 0 Å². The molecule has 0 fully saturated rings. The number of nitriles is 1. The standard InChI is InChI=1S/C26H34N2O5/c1-5-8-9-10-13-31-20-15-23(30)28(17-20)24-21-14-19(16-27)11-12-22(21)33-26(6-2,7-3)25(24)32-18(4)29/h11-12,14-15,24-25H,5-10,13,17H2,1-4H3/t24-,25+/m0/s1. The Balaban J connectivity index is 1.95. The number of esters is 1. The van der Waals surface area contributed by atoms with Gasteiger partial charge in [-0.15, -0.1) is 0 Å². The predicted octanol–water partition coefficient (Wildman–Crippen LogP) is 4.81. The summed E-state index contributed by atoms with van der Waals surface area (Å²) in [6.07, 6.45) is 6.33. The van der Waals surface area contributed by atoms with Crippen LogP contribution < -0.4 is 4.74 Å². The van der Waals surface area contributed by atoms with Crippen LogP contribution in [0.3, 0.4) is 0 Å². The SMILES string of the molecule is CCCCCCOC1=CC(=O)N([C@H]2c3cc(C#N)ccc3OC(CC)(CC)[C@@H]2OC(C)=O)C1. The lowest BCUT2D eigenvalue weighted by atomic mass is 9.79. The molecule has 2 heterocycles. The van der Waals surface area contributed by atoms with Gasteiger partial charge in [0, 0.05) is 18.6 Å². The normalized spacial score (nSPS) is 21.0. The van der Waals surface area contributed by atoms with Crippen molar-refractivity contribution >= 4 is 11.9 Å². The monoisotopic (exact) mass is 454 g/mol. The van der Waals surface area contributed by atoms with E-state index in [1.807, 2.05) is 13.8 Å². The second-order valence-corrected chi connectivity index (χ2v) is 8.70. The van der Waals surface area contributed by atoms with Crippen molar-refractivity contribution < 1.29 is 23.8 Å². The van der Waals surface area contributed by atoms with Gasteiger partial charge in [-0.25, -0.2) is 0 Å². The van der Waals surface area contributed by atoms with Gasteiger partial charge in [-0.2, -0.15) is 5.26 Å². The van der Waals surface area contributed by atoms with Gasteiger partial charge in [0.25, 0.3) is 5.91 Å². The smallest absolute Gasteiger partial charge is 0.303 e. The number of rotatable bonds is 10. The molecule has 2 atom stereocenters. The molecule has 1 amide bonds. The van der Waals surface area contributed by atoms with Gasteiger partial charge in [0.15, 0.2) is 6.10 Å². The molecule has 0 aromatic heterocycles. The van der Waals surface area contributed by atoms with Crippen molar-refractivity contribution in [1.82, 2.24) is 4.90 Å². The number of carbonyl (C=O) groups excluding carboxylic acids is 2. The average molecular weight is 455 g/mol. The van der Waals surface area contributed by atoms with E-state index >= 15 is 0 Å². The fourth-order valence-corrected chi connectivity index (χ4v) is 4.72. The highest BCUT2D eigenvalue weighted by Crippen LogP contribution is 2.48. The minimum Gasteiger partial charge on any atom is -0.496 e. The molecule has 0 N–H and O–H groups in total. The Morgan fingerprint density at radius 2 is 2.00 bits per heavy atom. The predicted molar refractivity (Wildman–Crippen MR) is 123 cm³/mol. The van der Waals surface area contributed by atoms with E-state index in [1.54, 1.807) is 23.1 Å². The summed E-state index contributed by atoms with van der Waals surface area (Å²) in [5, 5.41) is 9.46. The van der Waals surface area contributed by atoms with Crippen LogP contribution in [0.5, 0.6) is 5.75 Å². The molecule has 1 aromatic rings. The van der Waals surface area contributed by atoms with Gasteiger partial charge in [-0.1, -0.05) is 40.0 Å². The summed E-state index contributed by atoms with van der Waals surface area (Å²) in [6.45, 7) is 8.35. The van der Waals surface area contributed by atoms with Crippen molar-refractivity contribution in [2.24, 2.45) is 0 Å². The summed E-state index contributed by atoms with van der Waals surface area (Å²) in [5.74, 6) is 0.581. The minimum absolute atomic E-state index is 0.197. The van der Waals surface area contributed by atoms with Crippen LogP contribution in [0.1, 0.15) is 83.4 Å². The molecular formula is C26H34N2O5. The van der Waals surface area contributed by atoms with Crippen LogP contribution in [0.25, 0.3) is 0 Å². The van der Waals surface area contributed by atoms with E-state index in [4.69, 9.17) is 14.2 Å². The Labute approximate surface area is 196 Å². The van der Waals surface area contributed by atoms with Crippen molar-refractivity contribution in [1.29, 1.82) is 5.26 Å². The van der Waals surface area contributed by atoms with E-state index in [2.05, 4.69) is 13.0 Å². The number of ether oxygens (including phenoxy) is 3. The molecule has 2 aliphatic rings. The summed E-state index contributed by atoms with van der Waals surface area (Å²) in [4.78, 5) is 26.9. The van der Waals surface area contributed by atoms with Gasteiger partial charge in [-0.05, 0) is 37.5 Å². The third kappa shape index (κ3) is 5.16. The number of fused-ring (bicyclic) bond motifs is 1. The second-order valence-electron chi connectivity index (χ2n) is 8.70. The number of hydrogen-bond donors (Lipinski definition) is 0. The zero-order valence-electron chi connectivity index (χ0n) is 20.1. The highest BCUT2D eigenvalue weighted by Gasteiger charge is 2.53. The lowest BCUT2D eigenvalue weighted by Crippen LogP contribution is -2.58. The summed E-state index contributed by atoms with van der Waals surface area (Å²) < 4.78 is 18.2. The summed E-state index contributed by atoms with van der Waals surface area (Å²) in [6, 6.07) is 6.76. The van der Waals surface area contributed by atoms with E-state index in [9.17, 15) is 14.9 Å². The van der Waals surface area contributed by atoms with E-state index in [1.165, 1.54) is 13.0 Å². The molecule has 0 unspecified atom stereocenters. The summed E-state index contributed by atoms with van der Waals surface area (Å²) >= 11 is 0. The zero-order chi connectivity index (χ0) is 24.0. The molecule has 33 heavy (non-hydrogen) atoms. The molecule has 3 rings (SSSR count). The van der Waals surface area contributed by atoms with Crippen molar-refractivity contribution in [2.75, 3.05) is 13.2 Å². The van der Waals surface area contributed by atoms with Crippen LogP contribution >= 0.6 is 0 Å². The Morgan fingerprint density at radius 1 is 1.24 bits per heavy atom. The summed E-state index contributed by atoms with van der Waals surface area (Å²) in [7, 11) is 0. The van der Waals surface area contributed by atoms with Crippen molar-refractivity contribution in [3.63, 3.8) is 0 Å². The minimum atomic E-state index is -0.790. The molecule has 0 spiro atoms. The molecule has 0 saturated carbocycles. The zero-order valence-corrected chi connectivity index (χ0v) is 20.1. The van der Waals surface area contributed by atoms with Gasteiger partial charge in [0.1, 0.15) is 23.2 Å². The van der Waals surface area contributed by atoms with Crippen LogP contribution in [-0.4, -0.2) is 41.6 Å². The maximum absolute atomic E-state index is 13.1. The molecule has 7 nitrogen and oxygen atoms in total. The lowest BCUT2D eigenvalue weighted by Gasteiger charge is -2.49. The molecule has 0 radical (unpaired) electrons. The quantitative estimate of drug-likeness (QED) is 0.372. The fourth-order valence-electron chi connectivity index (χ4n) is 4.72. The van der Waals surface area contributed by atoms with E-state index in [-0.39, 0.29) is 12.5 Å². The third-order valence-corrected chi connectivity index (χ3v) is 6.58. The first-order valence-electron chi connectivity index (χ1n) is 11.9. The lowest BCUT2D eigenvalue weighted by molar-refractivity contribution is -0.177. The Bertz CT molecular complexity index is 944. The average Bonchev–Trinajstić information content (AvgIpc) is 3.17. The first-order chi connectivity index (χ1) is 15.9. The largest absolute Gasteiger partial charge is 0.496 e. The number of nitrogens with zero attached hydrogens (tertiary/aromatic N) is 2. The molecule has 0 aliphatic carbocycles. The van der Waals surface area contributed by atoms with Gasteiger partial charge in [0.05, 0.1) is 24.8 Å².